The van der Waals surface area contributed by atoms with Gasteiger partial charge >= 0.3 is 5.97 Å². The number of aliphatic hydroxyl groups is 4. The second-order valence-corrected chi connectivity index (χ2v) is 7.11. The van der Waals surface area contributed by atoms with E-state index in [1.54, 1.807) is 6.08 Å². The van der Waals surface area contributed by atoms with Gasteiger partial charge in [0.15, 0.2) is 0 Å². The average molecular weight is 377 g/mol. The quantitative estimate of drug-likeness (QED) is 0.220. The first-order valence-electron chi connectivity index (χ1n) is 10.8. The second-order valence-electron chi connectivity index (χ2n) is 7.11. The molecule has 6 atom stereocenters. The summed E-state index contributed by atoms with van der Waals surface area (Å²) in [6.45, 7) is 1.93. The Morgan fingerprint density at radius 2 is 2.12 bits per heavy atom. The zero-order valence-corrected chi connectivity index (χ0v) is 15.5. The summed E-state index contributed by atoms with van der Waals surface area (Å²) in [5, 5.41) is 33.2. The van der Waals surface area contributed by atoms with E-state index in [0.717, 1.165) is 0 Å². The normalized spacial score (nSPS) is 30.3. The van der Waals surface area contributed by atoms with Crippen molar-refractivity contribution in [2.75, 3.05) is 0 Å². The molecule has 150 valence electrons. The molecule has 1 aliphatic carbocycles. The lowest BCUT2D eigenvalue weighted by Gasteiger charge is -2.19. The van der Waals surface area contributed by atoms with Crippen molar-refractivity contribution in [1.29, 1.82) is 4.29 Å². The summed E-state index contributed by atoms with van der Waals surface area (Å²) in [5.41, 5.74) is 0. The monoisotopic (exact) mass is 376 g/mol. The van der Waals surface area contributed by atoms with E-state index in [4.69, 9.17) is 19.6 Å². The summed E-state index contributed by atoms with van der Waals surface area (Å²) >= 11 is 0. The van der Waals surface area contributed by atoms with Crippen molar-refractivity contribution >= 4 is 5.97 Å². The molecule has 26 heavy (non-hydrogen) atoms. The highest BCUT2D eigenvalue weighted by molar-refractivity contribution is 5.66. The third-order valence-electron chi connectivity index (χ3n) is 5.00. The van der Waals surface area contributed by atoms with Gasteiger partial charge in [0.25, 0.3) is 0 Å². The lowest BCUT2D eigenvalue weighted by molar-refractivity contribution is -0.137. The number of hydrogen-bond donors (Lipinski definition) is 5. The topological polar surface area (TPSA) is 118 Å². The number of unbranched alkanes of at least 4 members (excludes halogenated alkanes) is 1. The van der Waals surface area contributed by atoms with E-state index in [9.17, 15) is 9.90 Å². The Morgan fingerprint density at radius 3 is 2.77 bits per heavy atom. The van der Waals surface area contributed by atoms with Crippen molar-refractivity contribution < 1.29 is 30.3 Å². The highest BCUT2D eigenvalue weighted by Gasteiger charge is 2.39. The van der Waals surface area contributed by atoms with Gasteiger partial charge in [-0.1, -0.05) is 31.2 Å². The molecule has 4 unspecified atom stereocenters. The summed E-state index contributed by atoms with van der Waals surface area (Å²) in [7, 11) is 0. The largest absolute Gasteiger partial charge is 0.481 e. The summed E-state index contributed by atoms with van der Waals surface area (Å²) in [6.07, 6.45) is 9.99. The fourth-order valence-electron chi connectivity index (χ4n) is 3.33. The Balaban J connectivity index is 2.65. The molecule has 1 aliphatic rings. The maximum atomic E-state index is 10.5. The van der Waals surface area contributed by atoms with Gasteiger partial charge in [-0.3, -0.25) is 4.79 Å². The predicted molar refractivity (Wildman–Crippen MR) is 99.5 cm³/mol. The molecule has 0 amide bonds. The van der Waals surface area contributed by atoms with Gasteiger partial charge in [0.1, 0.15) is 0 Å². The predicted octanol–water partition coefficient (Wildman–Crippen LogP) is 2.01. The van der Waals surface area contributed by atoms with E-state index in [1.807, 2.05) is 25.2 Å². The number of aliphatic carboxylic acids is 1. The van der Waals surface area contributed by atoms with Crippen molar-refractivity contribution in [3.63, 3.8) is 0 Å². The number of carbonyl (C=O) groups is 1. The molecule has 0 radical (unpaired) electrons. The van der Waals surface area contributed by atoms with Crippen LogP contribution < -0.4 is 0 Å². The standard InChI is InChI=1S/C20H34O6/c1-2-14(21)9-10-15(22)11-12-17-16(18(23)13-19(17)24)7-5-3-4-6-8-20(25)26/h3,5,11-12,14-19,21-24H,2,4,6-10,13H2,1H3,(H,25,26)/t14?,15?,16?,17?,18-,19-/m0/s1/i21T,22T,24T. The van der Waals surface area contributed by atoms with E-state index in [-0.39, 0.29) is 24.4 Å². The minimum absolute atomic E-state index is 0.122. The van der Waals surface area contributed by atoms with Crippen LogP contribution in [0.3, 0.4) is 0 Å². The summed E-state index contributed by atoms with van der Waals surface area (Å²) < 4.78 is 21.6. The summed E-state index contributed by atoms with van der Waals surface area (Å²) in [6, 6.07) is 0. The van der Waals surface area contributed by atoms with Gasteiger partial charge in [0.2, 0.25) is 4.29 Å². The molecule has 0 aromatic carbocycles. The molecule has 0 aromatic rings. The van der Waals surface area contributed by atoms with Crippen LogP contribution in [-0.4, -0.2) is 60.2 Å². The molecule has 6 heteroatoms. The number of rotatable bonds is 15. The second kappa shape index (κ2) is 12.2. The number of allylic oxidation sites excluding steroid dienone is 2. The average Bonchev–Trinajstić information content (AvgIpc) is 3.02. The molecule has 0 aromatic heterocycles. The Labute approximate surface area is 160 Å². The van der Waals surface area contributed by atoms with Gasteiger partial charge in [-0.2, -0.15) is 0 Å². The van der Waals surface area contributed by atoms with Gasteiger partial charge in [-0.05, 0) is 44.4 Å². The first-order chi connectivity index (χ1) is 14.0. The number of carboxylic acid groups (broad SMARTS) is 1. The number of hydrogen-bond acceptors (Lipinski definition) is 5. The maximum absolute atomic E-state index is 10.5. The van der Waals surface area contributed by atoms with E-state index < -0.39 is 24.3 Å². The Kier molecular flexibility index (Phi) is 8.54. The summed E-state index contributed by atoms with van der Waals surface area (Å²) in [4.78, 5) is 10.5. The Hall–Kier alpha value is -1.21. The minimum atomic E-state index is -0.809. The Morgan fingerprint density at radius 1 is 1.27 bits per heavy atom. The van der Waals surface area contributed by atoms with Crippen LogP contribution in [0.15, 0.2) is 24.3 Å². The van der Waals surface area contributed by atoms with Gasteiger partial charge < -0.3 is 25.5 Å². The molecule has 1 rings (SSSR count). The summed E-state index contributed by atoms with van der Waals surface area (Å²) in [5.74, 6) is -1.11. The molecule has 1 fully saturated rings. The molecular weight excluding hydrogens is 336 g/mol. The SMILES string of the molecule is [3H]OC(C=CC1C(CC=CCCCC(=O)O)[C@@H](O)C[C@@H]1O[3H])CCC(CC)O[3H]. The van der Waals surface area contributed by atoms with Crippen molar-refractivity contribution in [3.8, 4) is 0 Å². The van der Waals surface area contributed by atoms with Gasteiger partial charge in [-0.15, -0.1) is 0 Å². The van der Waals surface area contributed by atoms with E-state index >= 15 is 0 Å². The molecule has 6 nitrogen and oxygen atoms in total. The van der Waals surface area contributed by atoms with Crippen LogP contribution in [0.4, 0.5) is 0 Å². The van der Waals surface area contributed by atoms with Crippen molar-refractivity contribution in [2.45, 2.75) is 82.7 Å². The molecule has 5 N–H and O–H groups in total. The van der Waals surface area contributed by atoms with Crippen LogP contribution in [0.1, 0.15) is 58.3 Å². The Bertz CT molecular complexity index is 512. The third kappa shape index (κ3) is 8.45. The van der Waals surface area contributed by atoms with E-state index in [1.165, 1.54) is 0 Å². The molecule has 0 saturated heterocycles. The minimum Gasteiger partial charge on any atom is -0.481 e. The highest BCUT2D eigenvalue weighted by Crippen LogP contribution is 2.36. The maximum Gasteiger partial charge on any atom is 0.303 e. The van der Waals surface area contributed by atoms with Crippen LogP contribution in [0, 0.1) is 11.8 Å². The third-order valence-corrected chi connectivity index (χ3v) is 5.00. The van der Waals surface area contributed by atoms with Gasteiger partial charge in [0.05, 0.1) is 24.4 Å². The van der Waals surface area contributed by atoms with E-state index in [2.05, 4.69) is 5.11 Å². The van der Waals surface area contributed by atoms with Gasteiger partial charge in [0, 0.05) is 18.8 Å². The fraction of sp³-hybridized carbons (Fsp3) is 0.750. The highest BCUT2D eigenvalue weighted by atomic mass is 16.4. The van der Waals surface area contributed by atoms with Crippen molar-refractivity contribution in [2.24, 2.45) is 11.8 Å². The lowest BCUT2D eigenvalue weighted by atomic mass is 9.89. The molecule has 0 aliphatic heterocycles. The van der Waals surface area contributed by atoms with E-state index in [0.29, 0.717) is 44.9 Å². The van der Waals surface area contributed by atoms with Crippen LogP contribution >= 0.6 is 0 Å². The van der Waals surface area contributed by atoms with Crippen molar-refractivity contribution in [3.05, 3.63) is 24.3 Å². The molecule has 0 bridgehead atoms. The van der Waals surface area contributed by atoms with Crippen LogP contribution in [0.5, 0.6) is 0 Å². The fourth-order valence-corrected chi connectivity index (χ4v) is 3.33. The molecule has 0 spiro atoms. The lowest BCUT2D eigenvalue weighted by Crippen LogP contribution is -2.20. The van der Waals surface area contributed by atoms with Crippen LogP contribution in [-0.2, 0) is 4.79 Å². The molecular formula is C20H34O6. The molecule has 0 heterocycles. The number of aliphatic hydroxyl groups excluding tert-OH is 4. The van der Waals surface area contributed by atoms with Crippen molar-refractivity contribution in [1.82, 2.24) is 0 Å². The first-order valence-corrected chi connectivity index (χ1v) is 9.55. The zero-order valence-electron chi connectivity index (χ0n) is 18.5. The first kappa shape index (κ1) is 18.2. The van der Waals surface area contributed by atoms with Crippen LogP contribution in [0.25, 0.3) is 0 Å². The van der Waals surface area contributed by atoms with Crippen LogP contribution in [0.2, 0.25) is 0 Å². The zero-order chi connectivity index (χ0) is 21.6. The smallest absolute Gasteiger partial charge is 0.303 e. The number of carboxylic acids is 1. The van der Waals surface area contributed by atoms with Gasteiger partial charge in [-0.25, -0.2) is 0 Å². The molecule has 1 saturated carbocycles.